The minimum atomic E-state index is -0.376. The molecular formula is C8H14O3. The van der Waals surface area contributed by atoms with Gasteiger partial charge in [0.05, 0.1) is 19.8 Å². The number of hydrogen-bond acceptors (Lipinski definition) is 3. The average molecular weight is 158 g/mol. The van der Waals surface area contributed by atoms with Gasteiger partial charge in [0, 0.05) is 0 Å². The van der Waals surface area contributed by atoms with E-state index in [1.807, 2.05) is 6.92 Å². The minimum absolute atomic E-state index is 0.376. The molecule has 0 bridgehead atoms. The lowest BCUT2D eigenvalue weighted by atomic mass is 10.4. The number of allylic oxidation sites excluding steroid dienone is 1. The molecule has 0 aromatic heterocycles. The highest BCUT2D eigenvalue weighted by Crippen LogP contribution is 1.96. The van der Waals surface area contributed by atoms with Crippen LogP contribution in [0.4, 0.5) is 0 Å². The normalized spacial score (nSPS) is 11.0. The van der Waals surface area contributed by atoms with Crippen molar-refractivity contribution in [3.05, 3.63) is 11.8 Å². The zero-order valence-electron chi connectivity index (χ0n) is 7.22. The lowest BCUT2D eigenvalue weighted by Gasteiger charge is -2.02. The molecule has 0 aliphatic heterocycles. The van der Waals surface area contributed by atoms with Gasteiger partial charge in [0.1, 0.15) is 5.76 Å². The summed E-state index contributed by atoms with van der Waals surface area (Å²) in [6.45, 7) is 4.37. The minimum Gasteiger partial charge on any atom is -0.498 e. The second-order valence-electron chi connectivity index (χ2n) is 2.13. The van der Waals surface area contributed by atoms with Gasteiger partial charge in [-0.05, 0) is 13.3 Å². The van der Waals surface area contributed by atoms with Gasteiger partial charge in [-0.3, -0.25) is 0 Å². The van der Waals surface area contributed by atoms with Gasteiger partial charge < -0.3 is 9.47 Å². The van der Waals surface area contributed by atoms with Gasteiger partial charge in [-0.15, -0.1) is 0 Å². The zero-order chi connectivity index (χ0) is 8.69. The second-order valence-corrected chi connectivity index (χ2v) is 2.13. The third-order valence-electron chi connectivity index (χ3n) is 1.06. The number of methoxy groups -OCH3 is 1. The zero-order valence-corrected chi connectivity index (χ0v) is 7.22. The maximum Gasteiger partial charge on any atom is 0.333 e. The Bertz CT molecular complexity index is 149. The van der Waals surface area contributed by atoms with Gasteiger partial charge in [0.15, 0.2) is 0 Å². The van der Waals surface area contributed by atoms with E-state index in [4.69, 9.17) is 4.74 Å². The van der Waals surface area contributed by atoms with Gasteiger partial charge in [-0.2, -0.15) is 0 Å². The van der Waals surface area contributed by atoms with Crippen molar-refractivity contribution in [3.63, 3.8) is 0 Å². The molecule has 0 rings (SSSR count). The maximum atomic E-state index is 10.6. The van der Waals surface area contributed by atoms with Crippen molar-refractivity contribution in [2.45, 2.75) is 20.3 Å². The van der Waals surface area contributed by atoms with E-state index in [1.54, 1.807) is 6.92 Å². The van der Waals surface area contributed by atoms with Crippen LogP contribution in [0, 0.1) is 0 Å². The van der Waals surface area contributed by atoms with Crippen LogP contribution in [-0.4, -0.2) is 19.7 Å². The van der Waals surface area contributed by atoms with Crippen molar-refractivity contribution >= 4 is 5.97 Å². The highest BCUT2D eigenvalue weighted by Gasteiger charge is 1.95. The van der Waals surface area contributed by atoms with E-state index in [0.717, 1.165) is 6.42 Å². The van der Waals surface area contributed by atoms with E-state index in [0.29, 0.717) is 12.4 Å². The van der Waals surface area contributed by atoms with Crippen LogP contribution < -0.4 is 0 Å². The highest BCUT2D eigenvalue weighted by atomic mass is 16.5. The molecule has 0 radical (unpaired) electrons. The largest absolute Gasteiger partial charge is 0.498 e. The van der Waals surface area contributed by atoms with E-state index in [9.17, 15) is 4.79 Å². The van der Waals surface area contributed by atoms with Crippen LogP contribution in [0.25, 0.3) is 0 Å². The summed E-state index contributed by atoms with van der Waals surface area (Å²) >= 11 is 0. The summed E-state index contributed by atoms with van der Waals surface area (Å²) < 4.78 is 9.53. The van der Waals surface area contributed by atoms with Crippen LogP contribution in [0.3, 0.4) is 0 Å². The molecule has 0 amide bonds. The first kappa shape index (κ1) is 10.0. The molecule has 0 N–H and O–H groups in total. The fraction of sp³-hybridized carbons (Fsp3) is 0.625. The third kappa shape index (κ3) is 5.45. The Labute approximate surface area is 67.0 Å². The van der Waals surface area contributed by atoms with E-state index >= 15 is 0 Å². The molecular weight excluding hydrogens is 144 g/mol. The van der Waals surface area contributed by atoms with Gasteiger partial charge in [-0.1, -0.05) is 6.92 Å². The quantitative estimate of drug-likeness (QED) is 0.353. The molecule has 0 atom stereocenters. The third-order valence-corrected chi connectivity index (χ3v) is 1.06. The van der Waals surface area contributed by atoms with Crippen molar-refractivity contribution in [3.8, 4) is 0 Å². The molecule has 64 valence electrons. The van der Waals surface area contributed by atoms with Crippen LogP contribution in [0.2, 0.25) is 0 Å². The number of hydrogen-bond donors (Lipinski definition) is 0. The van der Waals surface area contributed by atoms with Gasteiger partial charge in [0.25, 0.3) is 0 Å². The summed E-state index contributed by atoms with van der Waals surface area (Å²) in [5.74, 6) is 0.220. The first-order chi connectivity index (χ1) is 5.20. The molecule has 0 aromatic rings. The van der Waals surface area contributed by atoms with E-state index < -0.39 is 0 Å². The number of carbonyl (C=O) groups excluding carboxylic acids is 1. The number of esters is 1. The molecule has 0 spiro atoms. The first-order valence-corrected chi connectivity index (χ1v) is 3.59. The molecule has 0 aliphatic rings. The molecule has 0 fully saturated rings. The van der Waals surface area contributed by atoms with Crippen LogP contribution in [-0.2, 0) is 14.3 Å². The molecule has 0 aliphatic carbocycles. The van der Waals surface area contributed by atoms with Crippen LogP contribution in [0.15, 0.2) is 11.8 Å². The number of rotatable bonds is 4. The summed E-state index contributed by atoms with van der Waals surface area (Å²) in [6.07, 6.45) is 2.27. The fourth-order valence-corrected chi connectivity index (χ4v) is 0.530. The maximum absolute atomic E-state index is 10.6. The first-order valence-electron chi connectivity index (χ1n) is 3.59. The average Bonchev–Trinajstić information content (AvgIpc) is 2.00. The SMILES string of the molecule is CCCO/C(C)=C\C(=O)OC. The Morgan fingerprint density at radius 3 is 2.64 bits per heavy atom. The van der Waals surface area contributed by atoms with Gasteiger partial charge >= 0.3 is 5.97 Å². The molecule has 3 heteroatoms. The molecule has 0 heterocycles. The summed E-state index contributed by atoms with van der Waals surface area (Å²) in [5, 5.41) is 0. The number of ether oxygens (including phenoxy) is 2. The fourth-order valence-electron chi connectivity index (χ4n) is 0.530. The Morgan fingerprint density at radius 1 is 1.55 bits per heavy atom. The Kier molecular flexibility index (Phi) is 5.25. The number of carbonyl (C=O) groups is 1. The second kappa shape index (κ2) is 5.77. The highest BCUT2D eigenvalue weighted by molar-refractivity contribution is 5.82. The predicted octanol–water partition coefficient (Wildman–Crippen LogP) is 1.49. The van der Waals surface area contributed by atoms with Crippen LogP contribution >= 0.6 is 0 Å². The smallest absolute Gasteiger partial charge is 0.333 e. The molecule has 0 saturated carbocycles. The van der Waals surface area contributed by atoms with Gasteiger partial charge in [-0.25, -0.2) is 4.79 Å². The summed E-state index contributed by atoms with van der Waals surface area (Å²) in [5.41, 5.74) is 0. The topological polar surface area (TPSA) is 35.5 Å². The molecule has 0 aromatic carbocycles. The molecule has 3 nitrogen and oxygen atoms in total. The van der Waals surface area contributed by atoms with Crippen molar-refractivity contribution < 1.29 is 14.3 Å². The Hall–Kier alpha value is -0.990. The Balaban J connectivity index is 3.70. The van der Waals surface area contributed by atoms with Crippen molar-refractivity contribution in [1.82, 2.24) is 0 Å². The van der Waals surface area contributed by atoms with E-state index in [1.165, 1.54) is 13.2 Å². The summed E-state index contributed by atoms with van der Waals surface area (Å²) in [4.78, 5) is 10.6. The van der Waals surface area contributed by atoms with Crippen molar-refractivity contribution in [1.29, 1.82) is 0 Å². The molecule has 11 heavy (non-hydrogen) atoms. The van der Waals surface area contributed by atoms with E-state index in [2.05, 4.69) is 4.74 Å². The van der Waals surface area contributed by atoms with Gasteiger partial charge in [0.2, 0.25) is 0 Å². The van der Waals surface area contributed by atoms with Crippen molar-refractivity contribution in [2.75, 3.05) is 13.7 Å². The predicted molar refractivity (Wildman–Crippen MR) is 42.0 cm³/mol. The monoisotopic (exact) mass is 158 g/mol. The summed E-state index contributed by atoms with van der Waals surface area (Å²) in [6, 6.07) is 0. The lowest BCUT2D eigenvalue weighted by Crippen LogP contribution is -1.98. The standard InChI is InChI=1S/C8H14O3/c1-4-5-11-7(2)6-8(9)10-3/h6H,4-5H2,1-3H3/b7-6-. The van der Waals surface area contributed by atoms with E-state index in [-0.39, 0.29) is 5.97 Å². The van der Waals surface area contributed by atoms with Crippen LogP contribution in [0.1, 0.15) is 20.3 Å². The lowest BCUT2D eigenvalue weighted by molar-refractivity contribution is -0.135. The summed E-state index contributed by atoms with van der Waals surface area (Å²) in [7, 11) is 1.34. The molecule has 0 saturated heterocycles. The van der Waals surface area contributed by atoms with Crippen LogP contribution in [0.5, 0.6) is 0 Å². The van der Waals surface area contributed by atoms with Crippen molar-refractivity contribution in [2.24, 2.45) is 0 Å². The Morgan fingerprint density at radius 2 is 2.18 bits per heavy atom. The molecule has 0 unspecified atom stereocenters.